The van der Waals surface area contributed by atoms with Gasteiger partial charge in [0.15, 0.2) is 5.78 Å². The zero-order valence-corrected chi connectivity index (χ0v) is 9.96. The molecule has 4 heteroatoms. The van der Waals surface area contributed by atoms with Crippen LogP contribution in [0.2, 0.25) is 0 Å². The molecule has 4 nitrogen and oxygen atoms in total. The van der Waals surface area contributed by atoms with Crippen LogP contribution in [0.15, 0.2) is 12.2 Å². The van der Waals surface area contributed by atoms with Gasteiger partial charge in [-0.1, -0.05) is 6.08 Å². The highest BCUT2D eigenvalue weighted by Gasteiger charge is 2.16. The van der Waals surface area contributed by atoms with Gasteiger partial charge in [-0.15, -0.1) is 0 Å². The lowest BCUT2D eigenvalue weighted by molar-refractivity contribution is -0.112. The Labute approximate surface area is 90.7 Å². The van der Waals surface area contributed by atoms with Crippen molar-refractivity contribution in [1.29, 1.82) is 0 Å². The minimum Gasteiger partial charge on any atom is -0.444 e. The van der Waals surface area contributed by atoms with Crippen LogP contribution in [0.3, 0.4) is 0 Å². The molecule has 0 saturated heterocycles. The first-order valence-electron chi connectivity index (χ1n) is 4.89. The number of nitrogens with one attached hydrogen (secondary N) is 1. The van der Waals surface area contributed by atoms with E-state index in [0.29, 0.717) is 0 Å². The number of ether oxygens (including phenoxy) is 1. The summed E-state index contributed by atoms with van der Waals surface area (Å²) >= 11 is 0. The van der Waals surface area contributed by atoms with E-state index in [-0.39, 0.29) is 11.8 Å². The van der Waals surface area contributed by atoms with Crippen LogP contribution in [0, 0.1) is 0 Å². The Bertz CT molecular complexity index is 263. The van der Waals surface area contributed by atoms with Crippen molar-refractivity contribution in [2.24, 2.45) is 0 Å². The number of hydrogen-bond donors (Lipinski definition) is 1. The van der Waals surface area contributed by atoms with Gasteiger partial charge in [0, 0.05) is 6.04 Å². The van der Waals surface area contributed by atoms with Crippen molar-refractivity contribution in [1.82, 2.24) is 5.32 Å². The van der Waals surface area contributed by atoms with Crippen LogP contribution in [0.5, 0.6) is 0 Å². The third-order valence-corrected chi connectivity index (χ3v) is 1.36. The van der Waals surface area contributed by atoms with E-state index in [1.165, 1.54) is 13.0 Å². The molecule has 0 saturated carbocycles. The van der Waals surface area contributed by atoms with E-state index in [2.05, 4.69) is 5.32 Å². The van der Waals surface area contributed by atoms with Crippen LogP contribution >= 0.6 is 0 Å². The third-order valence-electron chi connectivity index (χ3n) is 1.36. The summed E-state index contributed by atoms with van der Waals surface area (Å²) in [6, 6.07) is -0.219. The van der Waals surface area contributed by atoms with Gasteiger partial charge in [-0.2, -0.15) is 0 Å². The summed E-state index contributed by atoms with van der Waals surface area (Å²) in [5.41, 5.74) is -0.506. The Morgan fingerprint density at radius 1 is 1.33 bits per heavy atom. The molecule has 0 rings (SSSR count). The summed E-state index contributed by atoms with van der Waals surface area (Å²) in [4.78, 5) is 21.9. The third kappa shape index (κ3) is 9.00. The van der Waals surface area contributed by atoms with E-state index in [0.717, 1.165) is 0 Å². The summed E-state index contributed by atoms with van der Waals surface area (Å²) in [6.07, 6.45) is 2.55. The van der Waals surface area contributed by atoms with Gasteiger partial charge in [0.05, 0.1) is 0 Å². The summed E-state index contributed by atoms with van der Waals surface area (Å²) in [5.74, 6) is -0.0483. The molecule has 0 aromatic heterocycles. The summed E-state index contributed by atoms with van der Waals surface area (Å²) in [7, 11) is 0. The van der Waals surface area contributed by atoms with Crippen molar-refractivity contribution < 1.29 is 14.3 Å². The van der Waals surface area contributed by atoms with E-state index in [4.69, 9.17) is 4.74 Å². The van der Waals surface area contributed by atoms with E-state index in [1.807, 2.05) is 0 Å². The Morgan fingerprint density at radius 3 is 2.27 bits per heavy atom. The average molecular weight is 213 g/mol. The second-order valence-electron chi connectivity index (χ2n) is 4.40. The highest BCUT2D eigenvalue weighted by Crippen LogP contribution is 2.06. The number of carbonyl (C=O) groups excluding carboxylic acids is 2. The van der Waals surface area contributed by atoms with Crippen LogP contribution in [0.25, 0.3) is 0 Å². The van der Waals surface area contributed by atoms with E-state index in [1.54, 1.807) is 33.8 Å². The Kier molecular flexibility index (Phi) is 5.05. The van der Waals surface area contributed by atoms with Crippen molar-refractivity contribution >= 4 is 11.9 Å². The quantitative estimate of drug-likeness (QED) is 0.730. The Morgan fingerprint density at radius 2 is 1.87 bits per heavy atom. The molecular formula is C11H19NO3. The molecule has 1 N–H and O–H groups in total. The van der Waals surface area contributed by atoms with Gasteiger partial charge in [0.25, 0.3) is 0 Å². The van der Waals surface area contributed by atoms with E-state index < -0.39 is 11.7 Å². The number of hydrogen-bond acceptors (Lipinski definition) is 3. The average Bonchev–Trinajstić information content (AvgIpc) is 1.96. The zero-order chi connectivity index (χ0) is 12.1. The van der Waals surface area contributed by atoms with Crippen molar-refractivity contribution in [2.75, 3.05) is 0 Å². The lowest BCUT2D eigenvalue weighted by Gasteiger charge is -2.20. The fourth-order valence-corrected chi connectivity index (χ4v) is 0.821. The normalized spacial score (nSPS) is 13.7. The molecule has 0 fully saturated rings. The number of alkyl carbamates (subject to hydrolysis) is 1. The van der Waals surface area contributed by atoms with Gasteiger partial charge in [-0.05, 0) is 40.7 Å². The van der Waals surface area contributed by atoms with Crippen molar-refractivity contribution in [3.63, 3.8) is 0 Å². The first-order chi connectivity index (χ1) is 6.70. The van der Waals surface area contributed by atoms with Crippen LogP contribution in [0.4, 0.5) is 4.79 Å². The molecule has 86 valence electrons. The molecule has 0 aliphatic heterocycles. The second kappa shape index (κ2) is 5.53. The molecule has 1 amide bonds. The lowest BCUT2D eigenvalue weighted by Crippen LogP contribution is -2.36. The van der Waals surface area contributed by atoms with Gasteiger partial charge in [-0.25, -0.2) is 4.79 Å². The van der Waals surface area contributed by atoms with Gasteiger partial charge in [-0.3, -0.25) is 4.79 Å². The fourth-order valence-electron chi connectivity index (χ4n) is 0.821. The van der Waals surface area contributed by atoms with Crippen LogP contribution < -0.4 is 5.32 Å². The molecule has 0 spiro atoms. The topological polar surface area (TPSA) is 55.4 Å². The Balaban J connectivity index is 4.02. The van der Waals surface area contributed by atoms with Gasteiger partial charge in [0.1, 0.15) is 5.60 Å². The predicted molar refractivity (Wildman–Crippen MR) is 58.7 cm³/mol. The van der Waals surface area contributed by atoms with E-state index >= 15 is 0 Å². The molecule has 0 aromatic carbocycles. The smallest absolute Gasteiger partial charge is 0.408 e. The first kappa shape index (κ1) is 13.7. The number of allylic oxidation sites excluding steroid dienone is 1. The molecular weight excluding hydrogens is 194 g/mol. The predicted octanol–water partition coefficient (Wildman–Crippen LogP) is 2.04. The number of ketones is 1. The number of rotatable bonds is 3. The van der Waals surface area contributed by atoms with Crippen molar-refractivity contribution in [3.8, 4) is 0 Å². The molecule has 0 aliphatic rings. The maximum absolute atomic E-state index is 11.3. The van der Waals surface area contributed by atoms with Crippen LogP contribution in [-0.4, -0.2) is 23.5 Å². The molecule has 1 unspecified atom stereocenters. The molecule has 0 aliphatic carbocycles. The molecule has 15 heavy (non-hydrogen) atoms. The highest BCUT2D eigenvalue weighted by atomic mass is 16.6. The highest BCUT2D eigenvalue weighted by molar-refractivity contribution is 5.87. The fraction of sp³-hybridized carbons (Fsp3) is 0.636. The summed E-state index contributed by atoms with van der Waals surface area (Å²) < 4.78 is 5.05. The van der Waals surface area contributed by atoms with Crippen molar-refractivity contribution in [3.05, 3.63) is 12.2 Å². The number of carbonyl (C=O) groups is 2. The molecule has 0 heterocycles. The first-order valence-corrected chi connectivity index (χ1v) is 4.89. The minimum absolute atomic E-state index is 0.0483. The van der Waals surface area contributed by atoms with Gasteiger partial charge < -0.3 is 10.1 Å². The molecule has 0 bridgehead atoms. The monoisotopic (exact) mass is 213 g/mol. The number of amides is 1. The lowest BCUT2D eigenvalue weighted by atomic mass is 10.2. The molecule has 0 radical (unpaired) electrons. The SMILES string of the molecule is CC(=O)/C=C/C(C)NC(=O)OC(C)(C)C. The van der Waals surface area contributed by atoms with Gasteiger partial charge in [0.2, 0.25) is 0 Å². The maximum atomic E-state index is 11.3. The van der Waals surface area contributed by atoms with Gasteiger partial charge >= 0.3 is 6.09 Å². The minimum atomic E-state index is -0.506. The summed E-state index contributed by atoms with van der Waals surface area (Å²) in [6.45, 7) is 8.61. The van der Waals surface area contributed by atoms with E-state index in [9.17, 15) is 9.59 Å². The van der Waals surface area contributed by atoms with Crippen LogP contribution in [0.1, 0.15) is 34.6 Å². The molecule has 0 aromatic rings. The molecule has 1 atom stereocenters. The maximum Gasteiger partial charge on any atom is 0.408 e. The van der Waals surface area contributed by atoms with Crippen molar-refractivity contribution in [2.45, 2.75) is 46.3 Å². The van der Waals surface area contributed by atoms with Crippen LogP contribution in [-0.2, 0) is 9.53 Å². The Hall–Kier alpha value is -1.32. The zero-order valence-electron chi connectivity index (χ0n) is 9.96. The standard InChI is InChI=1S/C11H19NO3/c1-8(6-7-9(2)13)12-10(14)15-11(3,4)5/h6-8H,1-5H3,(H,12,14)/b7-6+. The second-order valence-corrected chi connectivity index (χ2v) is 4.40. The summed E-state index contributed by atoms with van der Waals surface area (Å²) in [5, 5.41) is 2.59. The largest absolute Gasteiger partial charge is 0.444 e.